The van der Waals surface area contributed by atoms with Gasteiger partial charge in [-0.1, -0.05) is 55.5 Å². The molecule has 0 amide bonds. The summed E-state index contributed by atoms with van der Waals surface area (Å²) in [4.78, 5) is 6.93. The van der Waals surface area contributed by atoms with Crippen molar-refractivity contribution in [3.63, 3.8) is 0 Å². The van der Waals surface area contributed by atoms with Crippen molar-refractivity contribution in [3.05, 3.63) is 170 Å². The summed E-state index contributed by atoms with van der Waals surface area (Å²) in [6, 6.07) is 58.7. The number of halogens is 1. The van der Waals surface area contributed by atoms with E-state index in [-0.39, 0.29) is 0 Å². The maximum atomic E-state index is 9.99. The van der Waals surface area contributed by atoms with Crippen LogP contribution in [0.25, 0.3) is 64.0 Å². The maximum Gasteiger partial charge on any atom is 0.239 e. The number of hydrogen-bond donors (Lipinski definition) is 0. The van der Waals surface area contributed by atoms with Gasteiger partial charge in [0.25, 0.3) is 0 Å². The molecule has 0 fully saturated rings. The molecule has 0 radical (unpaired) electrons. The van der Waals surface area contributed by atoms with Crippen molar-refractivity contribution in [3.8, 4) is 98.5 Å². The SMILES string of the molecule is CCCCOc1ccc(-c2cc(-c3ccc(OC)cc3)[s+]c(-c3ccc(OC)cc3)c2)cc1.CCCCOc1ccc(-c2cc(-c3ccc(OC)cc3)[s+]c(-c3ccc(OC)cc3)c2)cc1.[O-]B([O-])OF. The van der Waals surface area contributed by atoms with Crippen LogP contribution in [0.15, 0.2) is 170 Å². The van der Waals surface area contributed by atoms with E-state index < -0.39 is 7.32 Å². The van der Waals surface area contributed by atoms with Crippen LogP contribution >= 0.6 is 22.7 Å². The third-order valence-corrected chi connectivity index (χ3v) is 13.4. The number of methoxy groups -OCH3 is 4. The van der Waals surface area contributed by atoms with E-state index in [0.717, 1.165) is 107 Å². The molecule has 0 atom stereocenters. The highest BCUT2D eigenvalue weighted by Gasteiger charge is 2.21. The summed E-state index contributed by atoms with van der Waals surface area (Å²) in [7, 11) is 3.98. The van der Waals surface area contributed by atoms with Crippen molar-refractivity contribution in [1.29, 1.82) is 0 Å². The van der Waals surface area contributed by atoms with Crippen LogP contribution in [-0.2, 0) is 4.86 Å². The van der Waals surface area contributed by atoms with Gasteiger partial charge < -0.3 is 43.3 Å². The molecule has 71 heavy (non-hydrogen) atoms. The fourth-order valence-corrected chi connectivity index (χ4v) is 9.32. The van der Waals surface area contributed by atoms with E-state index in [1.54, 1.807) is 51.1 Å². The highest BCUT2D eigenvalue weighted by molar-refractivity contribution is 7.18. The molecular formula is C58H58BFO9S2. The molecule has 8 aromatic rings. The predicted octanol–water partition coefficient (Wildman–Crippen LogP) is 14.0. The Morgan fingerprint density at radius 3 is 0.803 bits per heavy atom. The molecular weight excluding hydrogens is 935 g/mol. The fourth-order valence-electron chi connectivity index (χ4n) is 7.08. The van der Waals surface area contributed by atoms with E-state index in [9.17, 15) is 4.53 Å². The van der Waals surface area contributed by atoms with Crippen molar-refractivity contribution in [2.24, 2.45) is 0 Å². The normalized spacial score (nSPS) is 10.4. The summed E-state index contributed by atoms with van der Waals surface area (Å²) in [5.74, 6) is 5.25. The molecule has 0 aliphatic carbocycles. The standard InChI is InChI=1S/2C29H29O3S.BFO3/c2*1-4-5-18-32-27-16-6-21(7-17-27)24-19-28(22-8-12-25(30-2)13-9-22)33-29(20-24)23-10-14-26(31-3)15-11-23;2-5-1(3)4/h2*6-17,19-20H,4-5,18H2,1-3H3;/q2*+1;-2. The molecule has 0 saturated carbocycles. The van der Waals surface area contributed by atoms with Gasteiger partial charge in [-0.05, 0) is 156 Å². The second-order valence-corrected chi connectivity index (χ2v) is 18.1. The Bertz CT molecular complexity index is 2490. The summed E-state index contributed by atoms with van der Waals surface area (Å²) in [5.41, 5.74) is 9.32. The third kappa shape index (κ3) is 16.1. The molecule has 8 rings (SSSR count). The molecule has 9 nitrogen and oxygen atoms in total. The number of unbranched alkanes of at least 4 members (excludes halogenated alkanes) is 2. The molecule has 0 N–H and O–H groups in total. The zero-order chi connectivity index (χ0) is 50.4. The lowest BCUT2D eigenvalue weighted by atomic mass is 10.0. The molecule has 13 heteroatoms. The van der Waals surface area contributed by atoms with Gasteiger partial charge in [-0.25, -0.2) is 0 Å². The Labute approximate surface area is 425 Å². The molecule has 0 aliphatic rings. The largest absolute Gasteiger partial charge is 0.868 e. The summed E-state index contributed by atoms with van der Waals surface area (Å²) in [6.07, 6.45) is 4.40. The van der Waals surface area contributed by atoms with E-state index in [2.05, 4.69) is 140 Å². The first kappa shape index (κ1) is 53.5. The van der Waals surface area contributed by atoms with Crippen LogP contribution in [0.2, 0.25) is 0 Å². The topological polar surface area (TPSA) is 111 Å². The smallest absolute Gasteiger partial charge is 0.239 e. The van der Waals surface area contributed by atoms with E-state index in [1.165, 1.54) is 30.6 Å². The van der Waals surface area contributed by atoms with Crippen molar-refractivity contribution < 1.29 is 47.9 Å². The van der Waals surface area contributed by atoms with E-state index >= 15 is 0 Å². The molecule has 0 bridgehead atoms. The zero-order valence-electron chi connectivity index (χ0n) is 40.9. The Hall–Kier alpha value is -6.87. The Morgan fingerprint density at radius 1 is 0.366 bits per heavy atom. The molecule has 0 spiro atoms. The van der Waals surface area contributed by atoms with Crippen molar-refractivity contribution >= 4 is 30.0 Å². The molecule has 0 unspecified atom stereocenters. The first-order valence-corrected chi connectivity index (χ1v) is 24.9. The Morgan fingerprint density at radius 2 is 0.592 bits per heavy atom. The molecule has 2 heterocycles. The first-order chi connectivity index (χ1) is 34.7. The molecule has 0 saturated heterocycles. The summed E-state index contributed by atoms with van der Waals surface area (Å²) < 4.78 is 43.0. The van der Waals surface area contributed by atoms with Gasteiger partial charge in [0.2, 0.25) is 42.2 Å². The average molecular weight is 993 g/mol. The number of benzene rings is 6. The van der Waals surface area contributed by atoms with Crippen LogP contribution in [-0.4, -0.2) is 49.0 Å². The van der Waals surface area contributed by atoms with Crippen molar-refractivity contribution in [2.75, 3.05) is 41.7 Å². The predicted molar refractivity (Wildman–Crippen MR) is 285 cm³/mol. The van der Waals surface area contributed by atoms with Gasteiger partial charge in [0, 0.05) is 46.5 Å². The lowest BCUT2D eigenvalue weighted by molar-refractivity contribution is -0.403. The van der Waals surface area contributed by atoms with Gasteiger partial charge >= 0.3 is 0 Å². The minimum atomic E-state index is -2.78. The van der Waals surface area contributed by atoms with Gasteiger partial charge in [0.05, 0.1) is 41.7 Å². The van der Waals surface area contributed by atoms with E-state index in [1.807, 2.05) is 48.5 Å². The van der Waals surface area contributed by atoms with E-state index in [4.69, 9.17) is 38.5 Å². The van der Waals surface area contributed by atoms with Gasteiger partial charge in [0.15, 0.2) is 0 Å². The first-order valence-electron chi connectivity index (χ1n) is 23.3. The molecule has 0 aliphatic heterocycles. The van der Waals surface area contributed by atoms with Gasteiger partial charge in [-0.15, -0.1) is 0 Å². The number of ether oxygens (including phenoxy) is 6. The lowest BCUT2D eigenvalue weighted by Crippen LogP contribution is -2.45. The fraction of sp³-hybridized carbons (Fsp3) is 0.207. The van der Waals surface area contributed by atoms with Gasteiger partial charge in [-0.2, -0.15) is 0 Å². The quantitative estimate of drug-likeness (QED) is 0.0444. The minimum Gasteiger partial charge on any atom is -0.868 e. The van der Waals surface area contributed by atoms with Crippen LogP contribution < -0.4 is 38.5 Å². The summed E-state index contributed by atoms with van der Waals surface area (Å²) in [5, 5.41) is 17.5. The van der Waals surface area contributed by atoms with Crippen molar-refractivity contribution in [2.45, 2.75) is 39.5 Å². The van der Waals surface area contributed by atoms with Gasteiger partial charge in [-0.3, -0.25) is 0 Å². The summed E-state index contributed by atoms with van der Waals surface area (Å²) >= 11 is 3.55. The van der Waals surface area contributed by atoms with Gasteiger partial charge in [0.1, 0.15) is 41.8 Å². The minimum absolute atomic E-state index is 0.756. The Kier molecular flexibility index (Phi) is 21.2. The molecule has 6 aromatic carbocycles. The van der Waals surface area contributed by atoms with Crippen LogP contribution in [0, 0.1) is 0 Å². The highest BCUT2D eigenvalue weighted by atomic mass is 32.1. The maximum absolute atomic E-state index is 9.99. The van der Waals surface area contributed by atoms with Crippen LogP contribution in [0.4, 0.5) is 4.53 Å². The monoisotopic (exact) mass is 992 g/mol. The average Bonchev–Trinajstić information content (AvgIpc) is 3.43. The lowest BCUT2D eigenvalue weighted by Gasteiger charge is -2.16. The Balaban J connectivity index is 0.000000212. The molecule has 2 aromatic heterocycles. The van der Waals surface area contributed by atoms with Crippen LogP contribution in [0.3, 0.4) is 0 Å². The van der Waals surface area contributed by atoms with Crippen molar-refractivity contribution in [1.82, 2.24) is 0 Å². The second-order valence-electron chi connectivity index (χ2n) is 15.9. The number of hydrogen-bond acceptors (Lipinski definition) is 9. The summed E-state index contributed by atoms with van der Waals surface area (Å²) in [6.45, 7) is 5.85. The number of rotatable bonds is 19. The third-order valence-electron chi connectivity index (χ3n) is 11.1. The van der Waals surface area contributed by atoms with Crippen LogP contribution in [0.1, 0.15) is 39.5 Å². The van der Waals surface area contributed by atoms with Crippen LogP contribution in [0.5, 0.6) is 34.5 Å². The molecule has 366 valence electrons. The van der Waals surface area contributed by atoms with E-state index in [0.29, 0.717) is 0 Å². The highest BCUT2D eigenvalue weighted by Crippen LogP contribution is 2.40. The zero-order valence-corrected chi connectivity index (χ0v) is 42.5. The second kappa shape index (κ2) is 28.1.